The molecule has 1 heterocycles. The molecule has 2 aliphatic rings. The minimum atomic E-state index is -0.415. The molecule has 1 aliphatic carbocycles. The van der Waals surface area contributed by atoms with E-state index in [4.69, 9.17) is 0 Å². The highest BCUT2D eigenvalue weighted by molar-refractivity contribution is 5.94. The predicted octanol–water partition coefficient (Wildman–Crippen LogP) is 2.20. The number of likely N-dealkylation sites (tertiary alicyclic amines) is 1. The SMILES string of the molecule is O=C(NCC1CC1)C1CCCN(C(=O)c2cccc(F)c2)C1. The Kier molecular flexibility index (Phi) is 4.41. The number of carbonyl (C=O) groups excluding carboxylic acids is 2. The molecule has 1 atom stereocenters. The van der Waals surface area contributed by atoms with Gasteiger partial charge in [0.05, 0.1) is 5.92 Å². The van der Waals surface area contributed by atoms with Crippen LogP contribution < -0.4 is 5.32 Å². The van der Waals surface area contributed by atoms with Crippen LogP contribution >= 0.6 is 0 Å². The van der Waals surface area contributed by atoms with Crippen LogP contribution in [-0.4, -0.2) is 36.3 Å². The first-order valence-electron chi connectivity index (χ1n) is 7.96. The standard InChI is InChI=1S/C17H21FN2O2/c18-15-5-1-3-13(9-15)17(22)20-8-2-4-14(11-20)16(21)19-10-12-6-7-12/h1,3,5,9,12,14H,2,4,6-8,10-11H2,(H,19,21). The molecule has 1 N–H and O–H groups in total. The Morgan fingerprint density at radius 2 is 2.09 bits per heavy atom. The molecule has 5 heteroatoms. The highest BCUT2D eigenvalue weighted by Gasteiger charge is 2.30. The van der Waals surface area contributed by atoms with Crippen molar-refractivity contribution in [2.45, 2.75) is 25.7 Å². The molecule has 0 spiro atoms. The molecule has 118 valence electrons. The molecular weight excluding hydrogens is 283 g/mol. The monoisotopic (exact) mass is 304 g/mol. The summed E-state index contributed by atoms with van der Waals surface area (Å²) >= 11 is 0. The van der Waals surface area contributed by atoms with Crippen LogP contribution in [0.5, 0.6) is 0 Å². The number of amides is 2. The Bertz CT molecular complexity index is 572. The predicted molar refractivity (Wildman–Crippen MR) is 80.8 cm³/mol. The van der Waals surface area contributed by atoms with Crippen LogP contribution in [0.1, 0.15) is 36.0 Å². The van der Waals surface area contributed by atoms with Gasteiger partial charge in [-0.15, -0.1) is 0 Å². The molecule has 1 saturated heterocycles. The van der Waals surface area contributed by atoms with Gasteiger partial charge in [-0.2, -0.15) is 0 Å². The van der Waals surface area contributed by atoms with Crippen molar-refractivity contribution in [1.29, 1.82) is 0 Å². The Balaban J connectivity index is 1.59. The number of hydrogen-bond acceptors (Lipinski definition) is 2. The van der Waals surface area contributed by atoms with Gasteiger partial charge in [-0.25, -0.2) is 4.39 Å². The van der Waals surface area contributed by atoms with E-state index in [0.717, 1.165) is 19.4 Å². The topological polar surface area (TPSA) is 49.4 Å². The maximum absolute atomic E-state index is 13.2. The van der Waals surface area contributed by atoms with Crippen molar-refractivity contribution in [2.75, 3.05) is 19.6 Å². The van der Waals surface area contributed by atoms with Gasteiger partial charge >= 0.3 is 0 Å². The summed E-state index contributed by atoms with van der Waals surface area (Å²) in [6, 6.07) is 5.72. The first kappa shape index (κ1) is 15.0. The third kappa shape index (κ3) is 3.64. The average Bonchev–Trinajstić information content (AvgIpc) is 3.36. The van der Waals surface area contributed by atoms with E-state index in [-0.39, 0.29) is 17.7 Å². The van der Waals surface area contributed by atoms with Crippen molar-refractivity contribution in [1.82, 2.24) is 10.2 Å². The van der Waals surface area contributed by atoms with Crippen molar-refractivity contribution < 1.29 is 14.0 Å². The van der Waals surface area contributed by atoms with Crippen molar-refractivity contribution in [3.8, 4) is 0 Å². The van der Waals surface area contributed by atoms with Gasteiger partial charge in [0.2, 0.25) is 5.91 Å². The van der Waals surface area contributed by atoms with Gasteiger partial charge in [0.15, 0.2) is 0 Å². The van der Waals surface area contributed by atoms with E-state index in [0.29, 0.717) is 24.6 Å². The Morgan fingerprint density at radius 1 is 1.27 bits per heavy atom. The lowest BCUT2D eigenvalue weighted by Crippen LogP contribution is -2.45. The number of carbonyl (C=O) groups is 2. The summed E-state index contributed by atoms with van der Waals surface area (Å²) < 4.78 is 13.2. The lowest BCUT2D eigenvalue weighted by atomic mass is 9.96. The molecule has 1 unspecified atom stereocenters. The highest BCUT2D eigenvalue weighted by Crippen LogP contribution is 2.28. The smallest absolute Gasteiger partial charge is 0.253 e. The van der Waals surface area contributed by atoms with Crippen LogP contribution in [0.2, 0.25) is 0 Å². The maximum Gasteiger partial charge on any atom is 0.253 e. The van der Waals surface area contributed by atoms with E-state index in [9.17, 15) is 14.0 Å². The quantitative estimate of drug-likeness (QED) is 0.927. The van der Waals surface area contributed by atoms with E-state index < -0.39 is 5.82 Å². The van der Waals surface area contributed by atoms with E-state index in [1.807, 2.05) is 0 Å². The molecule has 4 nitrogen and oxygen atoms in total. The molecule has 3 rings (SSSR count). The number of rotatable bonds is 4. The van der Waals surface area contributed by atoms with E-state index in [1.165, 1.54) is 31.0 Å². The van der Waals surface area contributed by atoms with Gasteiger partial charge in [0.25, 0.3) is 5.91 Å². The van der Waals surface area contributed by atoms with Crippen LogP contribution in [0.3, 0.4) is 0 Å². The summed E-state index contributed by atoms with van der Waals surface area (Å²) in [7, 11) is 0. The van der Waals surface area contributed by atoms with Crippen molar-refractivity contribution in [3.63, 3.8) is 0 Å². The molecule has 1 aliphatic heterocycles. The molecule has 2 amide bonds. The van der Waals surface area contributed by atoms with Gasteiger partial charge in [0, 0.05) is 25.2 Å². The summed E-state index contributed by atoms with van der Waals surface area (Å²) in [6.07, 6.45) is 4.02. The zero-order valence-electron chi connectivity index (χ0n) is 12.6. The van der Waals surface area contributed by atoms with Crippen molar-refractivity contribution in [2.24, 2.45) is 11.8 Å². The average molecular weight is 304 g/mol. The number of benzene rings is 1. The number of piperidine rings is 1. The lowest BCUT2D eigenvalue weighted by Gasteiger charge is -2.32. The van der Waals surface area contributed by atoms with E-state index in [1.54, 1.807) is 11.0 Å². The summed E-state index contributed by atoms with van der Waals surface area (Å²) in [4.78, 5) is 26.3. The largest absolute Gasteiger partial charge is 0.356 e. The van der Waals surface area contributed by atoms with E-state index in [2.05, 4.69) is 5.32 Å². The molecule has 1 aromatic rings. The Hall–Kier alpha value is -1.91. The molecule has 0 aromatic heterocycles. The number of nitrogens with one attached hydrogen (secondary N) is 1. The normalized spacial score (nSPS) is 21.5. The van der Waals surface area contributed by atoms with Crippen LogP contribution in [0.4, 0.5) is 4.39 Å². The van der Waals surface area contributed by atoms with Gasteiger partial charge in [0.1, 0.15) is 5.82 Å². The zero-order valence-corrected chi connectivity index (χ0v) is 12.6. The van der Waals surface area contributed by atoms with Crippen LogP contribution in [0.15, 0.2) is 24.3 Å². The van der Waals surface area contributed by atoms with Gasteiger partial charge < -0.3 is 10.2 Å². The molecule has 0 bridgehead atoms. The Morgan fingerprint density at radius 3 is 2.82 bits per heavy atom. The maximum atomic E-state index is 13.2. The van der Waals surface area contributed by atoms with Gasteiger partial charge in [-0.05, 0) is 49.8 Å². The molecule has 1 aromatic carbocycles. The van der Waals surface area contributed by atoms with Gasteiger partial charge in [-0.3, -0.25) is 9.59 Å². The van der Waals surface area contributed by atoms with E-state index >= 15 is 0 Å². The third-order valence-corrected chi connectivity index (χ3v) is 4.41. The van der Waals surface area contributed by atoms with Crippen LogP contribution in [-0.2, 0) is 4.79 Å². The molecule has 22 heavy (non-hydrogen) atoms. The number of nitrogens with zero attached hydrogens (tertiary/aromatic N) is 1. The second-order valence-electron chi connectivity index (χ2n) is 6.29. The molecule has 2 fully saturated rings. The second-order valence-corrected chi connectivity index (χ2v) is 6.29. The molecule has 0 radical (unpaired) electrons. The second kappa shape index (κ2) is 6.46. The summed E-state index contributed by atoms with van der Waals surface area (Å²) in [5, 5.41) is 2.99. The Labute approximate surface area is 129 Å². The third-order valence-electron chi connectivity index (χ3n) is 4.41. The minimum Gasteiger partial charge on any atom is -0.356 e. The lowest BCUT2D eigenvalue weighted by molar-refractivity contribution is -0.126. The van der Waals surface area contributed by atoms with Crippen LogP contribution in [0, 0.1) is 17.7 Å². The number of hydrogen-bond donors (Lipinski definition) is 1. The zero-order chi connectivity index (χ0) is 15.5. The fourth-order valence-corrected chi connectivity index (χ4v) is 2.89. The number of halogens is 1. The first-order valence-corrected chi connectivity index (χ1v) is 7.96. The molecular formula is C17H21FN2O2. The van der Waals surface area contributed by atoms with Crippen molar-refractivity contribution in [3.05, 3.63) is 35.6 Å². The first-order chi connectivity index (χ1) is 10.6. The fourth-order valence-electron chi connectivity index (χ4n) is 2.89. The van der Waals surface area contributed by atoms with Crippen LogP contribution in [0.25, 0.3) is 0 Å². The summed E-state index contributed by atoms with van der Waals surface area (Å²) in [5.41, 5.74) is 0.346. The highest BCUT2D eigenvalue weighted by atomic mass is 19.1. The summed E-state index contributed by atoms with van der Waals surface area (Å²) in [6.45, 7) is 1.81. The van der Waals surface area contributed by atoms with Gasteiger partial charge in [-0.1, -0.05) is 6.07 Å². The fraction of sp³-hybridized carbons (Fsp3) is 0.529. The minimum absolute atomic E-state index is 0.0450. The van der Waals surface area contributed by atoms with Crippen molar-refractivity contribution >= 4 is 11.8 Å². The summed E-state index contributed by atoms with van der Waals surface area (Å²) in [5.74, 6) is -0.0630. The molecule has 1 saturated carbocycles.